The molecule has 0 fully saturated rings. The topological polar surface area (TPSA) is 56.8 Å². The van der Waals surface area contributed by atoms with Crippen LogP contribution in [-0.4, -0.2) is 26.2 Å². The van der Waals surface area contributed by atoms with Crippen LogP contribution in [0.1, 0.15) is 29.8 Å². The van der Waals surface area contributed by atoms with Gasteiger partial charge in [-0.1, -0.05) is 18.2 Å². The van der Waals surface area contributed by atoms with E-state index in [1.54, 1.807) is 25.3 Å². The van der Waals surface area contributed by atoms with Gasteiger partial charge in [0.1, 0.15) is 5.75 Å². The molecule has 2 aromatic rings. The van der Waals surface area contributed by atoms with Gasteiger partial charge < -0.3 is 19.5 Å². The van der Waals surface area contributed by atoms with E-state index < -0.39 is 0 Å². The third-order valence-corrected chi connectivity index (χ3v) is 3.44. The molecule has 1 N–H and O–H groups in total. The number of rotatable bonds is 8. The zero-order valence-electron chi connectivity index (χ0n) is 14.3. The summed E-state index contributed by atoms with van der Waals surface area (Å²) in [5, 5.41) is 2.90. The molecule has 0 aliphatic carbocycles. The number of ether oxygens (including phenoxy) is 3. The lowest BCUT2D eigenvalue weighted by molar-refractivity contribution is 0.0950. The Hall–Kier alpha value is -2.69. The number of para-hydroxylation sites is 1. The number of hydrogen-bond acceptors (Lipinski definition) is 4. The molecule has 2 aromatic carbocycles. The average Bonchev–Trinajstić information content (AvgIpc) is 2.61. The largest absolute Gasteiger partial charge is 0.496 e. The Bertz CT molecular complexity index is 685. The fourth-order valence-electron chi connectivity index (χ4n) is 2.32. The number of amides is 1. The molecule has 24 heavy (non-hydrogen) atoms. The SMILES string of the molecule is CCOc1ccc(C(=O)NCc2ccccc2OC)cc1OCC. The number of nitrogens with one attached hydrogen (secondary N) is 1. The zero-order chi connectivity index (χ0) is 17.4. The van der Waals surface area contributed by atoms with Crippen molar-refractivity contribution in [3.63, 3.8) is 0 Å². The number of benzene rings is 2. The number of carbonyl (C=O) groups excluding carboxylic acids is 1. The minimum Gasteiger partial charge on any atom is -0.496 e. The van der Waals surface area contributed by atoms with Crippen LogP contribution in [0.3, 0.4) is 0 Å². The molecule has 0 aliphatic heterocycles. The predicted molar refractivity (Wildman–Crippen MR) is 92.9 cm³/mol. The highest BCUT2D eigenvalue weighted by Gasteiger charge is 2.12. The number of carbonyl (C=O) groups is 1. The molecule has 0 saturated carbocycles. The zero-order valence-corrected chi connectivity index (χ0v) is 14.3. The van der Waals surface area contributed by atoms with Crippen LogP contribution in [0.2, 0.25) is 0 Å². The van der Waals surface area contributed by atoms with Crippen LogP contribution in [-0.2, 0) is 6.54 Å². The fraction of sp³-hybridized carbons (Fsp3) is 0.316. The fourth-order valence-corrected chi connectivity index (χ4v) is 2.32. The third-order valence-electron chi connectivity index (χ3n) is 3.44. The van der Waals surface area contributed by atoms with Crippen LogP contribution in [0, 0.1) is 0 Å². The smallest absolute Gasteiger partial charge is 0.251 e. The van der Waals surface area contributed by atoms with E-state index in [4.69, 9.17) is 14.2 Å². The molecular weight excluding hydrogens is 306 g/mol. The van der Waals surface area contributed by atoms with Gasteiger partial charge in [-0.15, -0.1) is 0 Å². The van der Waals surface area contributed by atoms with E-state index in [0.29, 0.717) is 36.8 Å². The lowest BCUT2D eigenvalue weighted by Gasteiger charge is -2.13. The van der Waals surface area contributed by atoms with E-state index in [-0.39, 0.29) is 5.91 Å². The Morgan fingerprint density at radius 3 is 2.38 bits per heavy atom. The molecule has 5 nitrogen and oxygen atoms in total. The molecular formula is C19H23NO4. The molecule has 0 saturated heterocycles. The lowest BCUT2D eigenvalue weighted by Crippen LogP contribution is -2.23. The molecule has 0 atom stereocenters. The Balaban J connectivity index is 2.10. The summed E-state index contributed by atoms with van der Waals surface area (Å²) in [7, 11) is 1.61. The van der Waals surface area contributed by atoms with Crippen molar-refractivity contribution in [2.45, 2.75) is 20.4 Å². The summed E-state index contributed by atoms with van der Waals surface area (Å²) in [6, 6.07) is 12.8. The van der Waals surface area contributed by atoms with Gasteiger partial charge in [0, 0.05) is 17.7 Å². The van der Waals surface area contributed by atoms with Gasteiger partial charge in [0.25, 0.3) is 5.91 Å². The Morgan fingerprint density at radius 2 is 1.67 bits per heavy atom. The van der Waals surface area contributed by atoms with Gasteiger partial charge in [0.05, 0.1) is 20.3 Å². The molecule has 0 radical (unpaired) electrons. The molecule has 128 valence electrons. The van der Waals surface area contributed by atoms with Crippen LogP contribution in [0.25, 0.3) is 0 Å². The van der Waals surface area contributed by atoms with Crippen molar-refractivity contribution in [2.75, 3.05) is 20.3 Å². The molecule has 2 rings (SSSR count). The van der Waals surface area contributed by atoms with E-state index >= 15 is 0 Å². The second-order valence-corrected chi connectivity index (χ2v) is 5.02. The molecule has 0 bridgehead atoms. The van der Waals surface area contributed by atoms with Crippen molar-refractivity contribution in [2.24, 2.45) is 0 Å². The van der Waals surface area contributed by atoms with E-state index in [1.165, 1.54) is 0 Å². The van der Waals surface area contributed by atoms with Crippen LogP contribution in [0.5, 0.6) is 17.2 Å². The molecule has 0 unspecified atom stereocenters. The first-order valence-corrected chi connectivity index (χ1v) is 7.99. The highest BCUT2D eigenvalue weighted by Crippen LogP contribution is 2.28. The second-order valence-electron chi connectivity index (χ2n) is 5.02. The summed E-state index contributed by atoms with van der Waals surface area (Å²) >= 11 is 0. The van der Waals surface area contributed by atoms with E-state index in [9.17, 15) is 4.79 Å². The van der Waals surface area contributed by atoms with Crippen LogP contribution < -0.4 is 19.5 Å². The maximum atomic E-state index is 12.4. The molecule has 0 heterocycles. The van der Waals surface area contributed by atoms with Crippen molar-refractivity contribution in [1.29, 1.82) is 0 Å². The van der Waals surface area contributed by atoms with Crippen LogP contribution in [0.4, 0.5) is 0 Å². The van der Waals surface area contributed by atoms with Gasteiger partial charge in [-0.25, -0.2) is 0 Å². The minimum atomic E-state index is -0.176. The molecule has 0 spiro atoms. The van der Waals surface area contributed by atoms with Gasteiger partial charge in [-0.05, 0) is 38.1 Å². The van der Waals surface area contributed by atoms with E-state index in [0.717, 1.165) is 11.3 Å². The average molecular weight is 329 g/mol. The summed E-state index contributed by atoms with van der Waals surface area (Å²) in [6.45, 7) is 5.24. The van der Waals surface area contributed by atoms with Gasteiger partial charge >= 0.3 is 0 Å². The Morgan fingerprint density at radius 1 is 0.958 bits per heavy atom. The Labute approximate surface area is 142 Å². The summed E-state index contributed by atoms with van der Waals surface area (Å²) in [4.78, 5) is 12.4. The first-order valence-electron chi connectivity index (χ1n) is 7.99. The summed E-state index contributed by atoms with van der Waals surface area (Å²) < 4.78 is 16.4. The third kappa shape index (κ3) is 4.41. The first-order chi connectivity index (χ1) is 11.7. The van der Waals surface area contributed by atoms with E-state index in [2.05, 4.69) is 5.32 Å². The van der Waals surface area contributed by atoms with Crippen molar-refractivity contribution in [3.8, 4) is 17.2 Å². The lowest BCUT2D eigenvalue weighted by atomic mass is 10.1. The second kappa shape index (κ2) is 8.82. The quantitative estimate of drug-likeness (QED) is 0.806. The molecule has 0 aromatic heterocycles. The normalized spacial score (nSPS) is 10.1. The predicted octanol–water partition coefficient (Wildman–Crippen LogP) is 3.42. The van der Waals surface area contributed by atoms with Crippen molar-refractivity contribution in [1.82, 2.24) is 5.32 Å². The summed E-state index contributed by atoms with van der Waals surface area (Å²) in [5.74, 6) is 1.79. The van der Waals surface area contributed by atoms with Gasteiger partial charge in [0.2, 0.25) is 0 Å². The van der Waals surface area contributed by atoms with Gasteiger partial charge in [0.15, 0.2) is 11.5 Å². The van der Waals surface area contributed by atoms with Crippen LogP contribution >= 0.6 is 0 Å². The van der Waals surface area contributed by atoms with Gasteiger partial charge in [-0.2, -0.15) is 0 Å². The van der Waals surface area contributed by atoms with Crippen LogP contribution in [0.15, 0.2) is 42.5 Å². The standard InChI is InChI=1S/C19H23NO4/c1-4-23-17-11-10-14(12-18(17)24-5-2)19(21)20-13-15-8-6-7-9-16(15)22-3/h6-12H,4-5,13H2,1-3H3,(H,20,21). The maximum absolute atomic E-state index is 12.4. The highest BCUT2D eigenvalue weighted by atomic mass is 16.5. The maximum Gasteiger partial charge on any atom is 0.251 e. The molecule has 0 aliphatic rings. The summed E-state index contributed by atoms with van der Waals surface area (Å²) in [6.07, 6.45) is 0. The highest BCUT2D eigenvalue weighted by molar-refractivity contribution is 5.94. The first kappa shape index (κ1) is 17.7. The minimum absolute atomic E-state index is 0.176. The van der Waals surface area contributed by atoms with Gasteiger partial charge in [-0.3, -0.25) is 4.79 Å². The van der Waals surface area contributed by atoms with Crippen molar-refractivity contribution < 1.29 is 19.0 Å². The number of methoxy groups -OCH3 is 1. The monoisotopic (exact) mass is 329 g/mol. The Kier molecular flexibility index (Phi) is 6.49. The molecule has 1 amide bonds. The van der Waals surface area contributed by atoms with E-state index in [1.807, 2.05) is 38.1 Å². The van der Waals surface area contributed by atoms with Crippen molar-refractivity contribution >= 4 is 5.91 Å². The summed E-state index contributed by atoms with van der Waals surface area (Å²) in [5.41, 5.74) is 1.45. The van der Waals surface area contributed by atoms with Crippen molar-refractivity contribution in [3.05, 3.63) is 53.6 Å². The molecule has 5 heteroatoms. The number of hydrogen-bond donors (Lipinski definition) is 1.